The Morgan fingerprint density at radius 3 is 1.76 bits per heavy atom. The molecule has 2 aromatic rings. The highest BCUT2D eigenvalue weighted by Gasteiger charge is 2.20. The summed E-state index contributed by atoms with van der Waals surface area (Å²) in [6.45, 7) is 0. The molecule has 0 amide bonds. The van der Waals surface area contributed by atoms with E-state index in [4.69, 9.17) is 10.5 Å². The van der Waals surface area contributed by atoms with Crippen LogP contribution in [0.4, 0.5) is 0 Å². The molecule has 2 unspecified atom stereocenters. The molecule has 2 N–H and O–H groups in total. The first-order chi connectivity index (χ1) is 8.33. The Labute approximate surface area is 102 Å². The molecule has 2 nitrogen and oxygen atoms in total. The lowest BCUT2D eigenvalue weighted by molar-refractivity contribution is 0.0802. The Morgan fingerprint density at radius 1 is 0.824 bits per heavy atom. The van der Waals surface area contributed by atoms with Crippen LogP contribution in [0.2, 0.25) is 0 Å². The summed E-state index contributed by atoms with van der Waals surface area (Å²) in [6.07, 6.45) is -0.112. The van der Waals surface area contributed by atoms with Crippen LogP contribution >= 0.6 is 0 Å². The number of rotatable bonds is 4. The SMILES string of the molecule is COC(c1ccccc1)C(N)c1ccccc1. The van der Waals surface area contributed by atoms with Crippen LogP contribution in [0.15, 0.2) is 60.7 Å². The van der Waals surface area contributed by atoms with Crippen LogP contribution in [0, 0.1) is 0 Å². The van der Waals surface area contributed by atoms with Crippen LogP contribution < -0.4 is 5.73 Å². The van der Waals surface area contributed by atoms with Crippen molar-refractivity contribution in [3.05, 3.63) is 71.8 Å². The van der Waals surface area contributed by atoms with Crippen LogP contribution in [-0.4, -0.2) is 7.11 Å². The van der Waals surface area contributed by atoms with Gasteiger partial charge in [0.15, 0.2) is 0 Å². The molecule has 0 aliphatic carbocycles. The number of ether oxygens (including phenoxy) is 1. The first-order valence-corrected chi connectivity index (χ1v) is 5.71. The molecule has 0 aliphatic rings. The van der Waals surface area contributed by atoms with Crippen molar-refractivity contribution in [3.8, 4) is 0 Å². The Balaban J connectivity index is 2.25. The fraction of sp³-hybridized carbons (Fsp3) is 0.200. The van der Waals surface area contributed by atoms with E-state index < -0.39 is 0 Å². The molecule has 0 aromatic heterocycles. The fourth-order valence-corrected chi connectivity index (χ4v) is 1.98. The van der Waals surface area contributed by atoms with Crippen LogP contribution in [0.1, 0.15) is 23.3 Å². The molecule has 0 saturated heterocycles. The standard InChI is InChI=1S/C15H17NO/c1-17-15(13-10-6-3-7-11-13)14(16)12-8-4-2-5-9-12/h2-11,14-15H,16H2,1H3. The van der Waals surface area contributed by atoms with Gasteiger partial charge in [0.05, 0.1) is 6.04 Å². The van der Waals surface area contributed by atoms with Gasteiger partial charge in [0.25, 0.3) is 0 Å². The van der Waals surface area contributed by atoms with Gasteiger partial charge in [-0.2, -0.15) is 0 Å². The summed E-state index contributed by atoms with van der Waals surface area (Å²) in [7, 11) is 1.69. The summed E-state index contributed by atoms with van der Waals surface area (Å²) in [5.74, 6) is 0. The Morgan fingerprint density at radius 2 is 1.29 bits per heavy atom. The second kappa shape index (κ2) is 5.62. The predicted octanol–water partition coefficient (Wildman–Crippen LogP) is 3.07. The van der Waals surface area contributed by atoms with E-state index in [1.165, 1.54) is 0 Å². The van der Waals surface area contributed by atoms with Gasteiger partial charge in [0.2, 0.25) is 0 Å². The zero-order chi connectivity index (χ0) is 12.1. The Hall–Kier alpha value is -1.64. The molecular weight excluding hydrogens is 210 g/mol. The molecule has 88 valence electrons. The number of methoxy groups -OCH3 is 1. The van der Waals surface area contributed by atoms with Crippen molar-refractivity contribution in [3.63, 3.8) is 0 Å². The number of hydrogen-bond acceptors (Lipinski definition) is 2. The quantitative estimate of drug-likeness (QED) is 0.871. The maximum Gasteiger partial charge on any atom is 0.101 e. The average Bonchev–Trinajstić information content (AvgIpc) is 2.42. The molecule has 0 bridgehead atoms. The monoisotopic (exact) mass is 227 g/mol. The molecule has 0 radical (unpaired) electrons. The van der Waals surface area contributed by atoms with Gasteiger partial charge in [-0.1, -0.05) is 60.7 Å². The van der Waals surface area contributed by atoms with Gasteiger partial charge in [0, 0.05) is 7.11 Å². The third-order valence-corrected chi connectivity index (χ3v) is 2.89. The molecule has 0 spiro atoms. The van der Waals surface area contributed by atoms with Gasteiger partial charge < -0.3 is 10.5 Å². The van der Waals surface area contributed by atoms with Crippen molar-refractivity contribution in [2.45, 2.75) is 12.1 Å². The third kappa shape index (κ3) is 2.73. The largest absolute Gasteiger partial charge is 0.375 e. The van der Waals surface area contributed by atoms with E-state index in [1.807, 2.05) is 60.7 Å². The fourth-order valence-electron chi connectivity index (χ4n) is 1.98. The predicted molar refractivity (Wildman–Crippen MR) is 69.6 cm³/mol. The molecule has 2 atom stereocenters. The minimum Gasteiger partial charge on any atom is -0.375 e. The highest BCUT2D eigenvalue weighted by atomic mass is 16.5. The normalized spacial score (nSPS) is 14.2. The van der Waals surface area contributed by atoms with Crippen LogP contribution in [0.5, 0.6) is 0 Å². The van der Waals surface area contributed by atoms with Crippen LogP contribution in [0.3, 0.4) is 0 Å². The summed E-state index contributed by atoms with van der Waals surface area (Å²) < 4.78 is 5.53. The molecule has 0 aliphatic heterocycles. The van der Waals surface area contributed by atoms with E-state index >= 15 is 0 Å². The van der Waals surface area contributed by atoms with Gasteiger partial charge in [-0.25, -0.2) is 0 Å². The number of hydrogen-bond donors (Lipinski definition) is 1. The van der Waals surface area contributed by atoms with Crippen LogP contribution in [-0.2, 0) is 4.74 Å². The summed E-state index contributed by atoms with van der Waals surface area (Å²) in [5, 5.41) is 0. The zero-order valence-electron chi connectivity index (χ0n) is 9.91. The maximum absolute atomic E-state index is 6.26. The lowest BCUT2D eigenvalue weighted by atomic mass is 9.96. The van der Waals surface area contributed by atoms with E-state index in [0.29, 0.717) is 0 Å². The summed E-state index contributed by atoms with van der Waals surface area (Å²) in [6, 6.07) is 19.9. The van der Waals surface area contributed by atoms with Gasteiger partial charge in [-0.05, 0) is 11.1 Å². The van der Waals surface area contributed by atoms with Crippen molar-refractivity contribution in [1.82, 2.24) is 0 Å². The van der Waals surface area contributed by atoms with E-state index in [2.05, 4.69) is 0 Å². The first-order valence-electron chi connectivity index (χ1n) is 5.71. The molecule has 0 heterocycles. The van der Waals surface area contributed by atoms with E-state index in [-0.39, 0.29) is 12.1 Å². The van der Waals surface area contributed by atoms with Crippen molar-refractivity contribution < 1.29 is 4.74 Å². The summed E-state index contributed by atoms with van der Waals surface area (Å²) >= 11 is 0. The Kier molecular flexibility index (Phi) is 3.91. The lowest BCUT2D eigenvalue weighted by Crippen LogP contribution is -2.21. The average molecular weight is 227 g/mol. The van der Waals surface area contributed by atoms with Gasteiger partial charge in [0.1, 0.15) is 6.10 Å². The van der Waals surface area contributed by atoms with E-state index in [0.717, 1.165) is 11.1 Å². The summed E-state index contributed by atoms with van der Waals surface area (Å²) in [5.41, 5.74) is 8.45. The maximum atomic E-state index is 6.26. The molecular formula is C15H17NO. The Bertz CT molecular complexity index is 441. The van der Waals surface area contributed by atoms with Crippen molar-refractivity contribution in [2.75, 3.05) is 7.11 Å². The number of benzene rings is 2. The highest BCUT2D eigenvalue weighted by molar-refractivity contribution is 5.25. The minimum absolute atomic E-state index is 0.112. The van der Waals surface area contributed by atoms with Crippen molar-refractivity contribution in [1.29, 1.82) is 0 Å². The second-order valence-electron chi connectivity index (χ2n) is 4.00. The molecule has 2 rings (SSSR count). The first kappa shape index (κ1) is 11.8. The minimum atomic E-state index is -0.149. The highest BCUT2D eigenvalue weighted by Crippen LogP contribution is 2.29. The third-order valence-electron chi connectivity index (χ3n) is 2.89. The summed E-state index contributed by atoms with van der Waals surface area (Å²) in [4.78, 5) is 0. The van der Waals surface area contributed by atoms with Crippen LogP contribution in [0.25, 0.3) is 0 Å². The van der Waals surface area contributed by atoms with Crippen molar-refractivity contribution >= 4 is 0 Å². The molecule has 0 fully saturated rings. The van der Waals surface area contributed by atoms with Gasteiger partial charge in [-0.3, -0.25) is 0 Å². The molecule has 2 aromatic carbocycles. The van der Waals surface area contributed by atoms with Gasteiger partial charge >= 0.3 is 0 Å². The van der Waals surface area contributed by atoms with E-state index in [9.17, 15) is 0 Å². The molecule has 17 heavy (non-hydrogen) atoms. The van der Waals surface area contributed by atoms with Gasteiger partial charge in [-0.15, -0.1) is 0 Å². The number of nitrogens with two attached hydrogens (primary N) is 1. The second-order valence-corrected chi connectivity index (χ2v) is 4.00. The van der Waals surface area contributed by atoms with E-state index in [1.54, 1.807) is 7.11 Å². The zero-order valence-corrected chi connectivity index (χ0v) is 9.91. The molecule has 0 saturated carbocycles. The van der Waals surface area contributed by atoms with Crippen molar-refractivity contribution in [2.24, 2.45) is 5.73 Å². The smallest absolute Gasteiger partial charge is 0.101 e. The lowest BCUT2D eigenvalue weighted by Gasteiger charge is -2.23. The topological polar surface area (TPSA) is 35.2 Å². The molecule has 2 heteroatoms.